The zero-order valence-electron chi connectivity index (χ0n) is 11.6. The molecule has 0 saturated heterocycles. The predicted octanol–water partition coefficient (Wildman–Crippen LogP) is 3.43. The van der Waals surface area contributed by atoms with Crippen LogP contribution in [-0.4, -0.2) is 15.7 Å². The number of nitrogens with zero attached hydrogens (tertiary/aromatic N) is 2. The highest BCUT2D eigenvalue weighted by Gasteiger charge is 2.33. The van der Waals surface area contributed by atoms with Crippen molar-refractivity contribution in [2.24, 2.45) is 0 Å². The maximum Gasteiger partial charge on any atom is 0.435 e. The molecule has 1 aromatic carbocycles. The smallest absolute Gasteiger partial charge is 0.348 e. The van der Waals surface area contributed by atoms with Gasteiger partial charge in [-0.05, 0) is 30.7 Å². The Labute approximate surface area is 129 Å². The SMILES string of the molecule is CC(NC(=O)Cn1ccc(C(F)(F)F)n1)c1cccc(Cl)c1. The van der Waals surface area contributed by atoms with Crippen molar-refractivity contribution in [2.75, 3.05) is 0 Å². The van der Waals surface area contributed by atoms with Crippen LogP contribution in [0.25, 0.3) is 0 Å². The Hall–Kier alpha value is -2.02. The highest BCUT2D eigenvalue weighted by Crippen LogP contribution is 2.27. The lowest BCUT2D eigenvalue weighted by Crippen LogP contribution is -2.30. The number of hydrogen-bond acceptors (Lipinski definition) is 2. The maximum atomic E-state index is 12.4. The van der Waals surface area contributed by atoms with E-state index in [4.69, 9.17) is 11.6 Å². The van der Waals surface area contributed by atoms with E-state index >= 15 is 0 Å². The molecule has 1 unspecified atom stereocenters. The molecule has 1 N–H and O–H groups in total. The summed E-state index contributed by atoms with van der Waals surface area (Å²) in [6.07, 6.45) is -3.40. The summed E-state index contributed by atoms with van der Waals surface area (Å²) in [4.78, 5) is 11.9. The highest BCUT2D eigenvalue weighted by molar-refractivity contribution is 6.30. The molecule has 0 radical (unpaired) electrons. The molecule has 8 heteroatoms. The summed E-state index contributed by atoms with van der Waals surface area (Å²) in [6.45, 7) is 1.47. The summed E-state index contributed by atoms with van der Waals surface area (Å²) in [6, 6.07) is 7.48. The van der Waals surface area contributed by atoms with Crippen LogP contribution in [0.2, 0.25) is 5.02 Å². The lowest BCUT2D eigenvalue weighted by atomic mass is 10.1. The number of hydrogen-bond donors (Lipinski definition) is 1. The number of carbonyl (C=O) groups excluding carboxylic acids is 1. The molecule has 0 aliphatic heterocycles. The van der Waals surface area contributed by atoms with Crippen LogP contribution in [0.3, 0.4) is 0 Å². The topological polar surface area (TPSA) is 46.9 Å². The van der Waals surface area contributed by atoms with E-state index in [2.05, 4.69) is 10.4 Å². The van der Waals surface area contributed by atoms with Gasteiger partial charge in [0, 0.05) is 11.2 Å². The van der Waals surface area contributed by atoms with Gasteiger partial charge in [0.05, 0.1) is 6.04 Å². The minimum absolute atomic E-state index is 0.291. The third kappa shape index (κ3) is 4.24. The summed E-state index contributed by atoms with van der Waals surface area (Å²) in [5.41, 5.74) is -0.222. The monoisotopic (exact) mass is 331 g/mol. The van der Waals surface area contributed by atoms with Crippen molar-refractivity contribution in [2.45, 2.75) is 25.7 Å². The summed E-state index contributed by atoms with van der Waals surface area (Å²) in [5, 5.41) is 6.55. The second kappa shape index (κ2) is 6.39. The van der Waals surface area contributed by atoms with E-state index in [9.17, 15) is 18.0 Å². The minimum atomic E-state index is -4.52. The first-order chi connectivity index (χ1) is 10.3. The van der Waals surface area contributed by atoms with Gasteiger partial charge in [-0.25, -0.2) is 0 Å². The molecule has 0 aliphatic rings. The van der Waals surface area contributed by atoms with E-state index in [1.807, 2.05) is 0 Å². The average molecular weight is 332 g/mol. The van der Waals surface area contributed by atoms with Gasteiger partial charge in [0.15, 0.2) is 5.69 Å². The van der Waals surface area contributed by atoms with Crippen LogP contribution < -0.4 is 5.32 Å². The number of carbonyl (C=O) groups is 1. The van der Waals surface area contributed by atoms with Crippen molar-refractivity contribution in [1.29, 1.82) is 0 Å². The number of halogens is 4. The molecule has 4 nitrogen and oxygen atoms in total. The molecule has 1 aromatic heterocycles. The molecule has 2 aromatic rings. The third-order valence-corrected chi connectivity index (χ3v) is 3.20. The number of alkyl halides is 3. The first-order valence-corrected chi connectivity index (χ1v) is 6.79. The van der Waals surface area contributed by atoms with Crippen molar-refractivity contribution in [3.63, 3.8) is 0 Å². The highest BCUT2D eigenvalue weighted by atomic mass is 35.5. The lowest BCUT2D eigenvalue weighted by molar-refractivity contribution is -0.141. The van der Waals surface area contributed by atoms with Gasteiger partial charge in [-0.2, -0.15) is 18.3 Å². The fraction of sp³-hybridized carbons (Fsp3) is 0.286. The van der Waals surface area contributed by atoms with Crippen molar-refractivity contribution < 1.29 is 18.0 Å². The van der Waals surface area contributed by atoms with Gasteiger partial charge in [-0.3, -0.25) is 9.48 Å². The van der Waals surface area contributed by atoms with Gasteiger partial charge in [0.1, 0.15) is 6.54 Å². The molecule has 0 saturated carbocycles. The molecular formula is C14H13ClF3N3O. The quantitative estimate of drug-likeness (QED) is 0.933. The Morgan fingerprint density at radius 3 is 2.73 bits per heavy atom. The first kappa shape index (κ1) is 16.4. The Bertz CT molecular complexity index is 669. The van der Waals surface area contributed by atoms with Crippen LogP contribution in [0.5, 0.6) is 0 Å². The maximum absolute atomic E-state index is 12.4. The average Bonchev–Trinajstić information content (AvgIpc) is 2.87. The van der Waals surface area contributed by atoms with Gasteiger partial charge in [-0.1, -0.05) is 23.7 Å². The molecule has 0 aliphatic carbocycles. The largest absolute Gasteiger partial charge is 0.435 e. The van der Waals surface area contributed by atoms with Crippen LogP contribution in [-0.2, 0) is 17.5 Å². The summed E-state index contributed by atoms with van der Waals surface area (Å²) >= 11 is 5.87. The van der Waals surface area contributed by atoms with Gasteiger partial charge in [0.25, 0.3) is 0 Å². The molecule has 1 atom stereocenters. The van der Waals surface area contributed by atoms with Gasteiger partial charge in [-0.15, -0.1) is 0 Å². The zero-order valence-corrected chi connectivity index (χ0v) is 12.3. The van der Waals surface area contributed by atoms with Crippen molar-refractivity contribution in [1.82, 2.24) is 15.1 Å². The fourth-order valence-corrected chi connectivity index (χ4v) is 2.09. The molecule has 0 spiro atoms. The van der Waals surface area contributed by atoms with Gasteiger partial charge in [0.2, 0.25) is 5.91 Å². The molecule has 1 heterocycles. The molecule has 0 fully saturated rings. The number of nitrogens with one attached hydrogen (secondary N) is 1. The Balaban J connectivity index is 1.97. The second-order valence-electron chi connectivity index (χ2n) is 4.74. The second-order valence-corrected chi connectivity index (χ2v) is 5.18. The van der Waals surface area contributed by atoms with Crippen molar-refractivity contribution in [3.05, 3.63) is 52.8 Å². The van der Waals surface area contributed by atoms with E-state index in [1.165, 1.54) is 0 Å². The Morgan fingerprint density at radius 2 is 2.14 bits per heavy atom. The molecule has 0 bridgehead atoms. The van der Waals surface area contributed by atoms with Crippen LogP contribution in [0.4, 0.5) is 13.2 Å². The van der Waals surface area contributed by atoms with E-state index in [0.29, 0.717) is 5.02 Å². The van der Waals surface area contributed by atoms with Crippen LogP contribution in [0.15, 0.2) is 36.5 Å². The number of amides is 1. The normalized spacial score (nSPS) is 13.0. The standard InChI is InChI=1S/C14H13ClF3N3O/c1-9(10-3-2-4-11(15)7-10)19-13(22)8-21-6-5-12(20-21)14(16,17)18/h2-7,9H,8H2,1H3,(H,19,22). The van der Waals surface area contributed by atoms with E-state index in [1.54, 1.807) is 31.2 Å². The van der Waals surface area contributed by atoms with E-state index in [0.717, 1.165) is 22.5 Å². The summed E-state index contributed by atoms with van der Waals surface area (Å²) in [7, 11) is 0. The molecule has 1 amide bonds. The predicted molar refractivity (Wildman–Crippen MR) is 75.2 cm³/mol. The van der Waals surface area contributed by atoms with Crippen molar-refractivity contribution in [3.8, 4) is 0 Å². The van der Waals surface area contributed by atoms with Crippen LogP contribution in [0, 0.1) is 0 Å². The molecule has 2 rings (SSSR count). The molecule has 22 heavy (non-hydrogen) atoms. The third-order valence-electron chi connectivity index (χ3n) is 2.96. The van der Waals surface area contributed by atoms with E-state index in [-0.39, 0.29) is 12.6 Å². The van der Waals surface area contributed by atoms with E-state index < -0.39 is 17.8 Å². The van der Waals surface area contributed by atoms with Gasteiger partial charge < -0.3 is 5.32 Å². The van der Waals surface area contributed by atoms with Gasteiger partial charge >= 0.3 is 6.18 Å². The summed E-state index contributed by atoms with van der Waals surface area (Å²) in [5.74, 6) is -0.440. The molecule has 118 valence electrons. The minimum Gasteiger partial charge on any atom is -0.348 e. The van der Waals surface area contributed by atoms with Crippen molar-refractivity contribution >= 4 is 17.5 Å². The Kier molecular flexibility index (Phi) is 4.75. The molecular weight excluding hydrogens is 319 g/mol. The first-order valence-electron chi connectivity index (χ1n) is 6.41. The van der Waals surface area contributed by atoms with Crippen LogP contribution in [0.1, 0.15) is 24.2 Å². The number of aromatic nitrogens is 2. The van der Waals surface area contributed by atoms with Crippen LogP contribution >= 0.6 is 11.6 Å². The zero-order chi connectivity index (χ0) is 16.3. The summed E-state index contributed by atoms with van der Waals surface area (Å²) < 4.78 is 38.2. The lowest BCUT2D eigenvalue weighted by Gasteiger charge is -2.14. The Morgan fingerprint density at radius 1 is 1.41 bits per heavy atom. The number of benzene rings is 1. The number of rotatable bonds is 4. The fourth-order valence-electron chi connectivity index (χ4n) is 1.89.